The first-order valence-corrected chi connectivity index (χ1v) is 7.77. The fourth-order valence-corrected chi connectivity index (χ4v) is 2.52. The SMILES string of the molecule is N#C/C(=C/c1ccc(-c2ccc(F)cc2[N+](=O)[O-])o1)c1ccc(Cl)cc1. The number of hydrogen-bond donors (Lipinski definition) is 0. The molecule has 0 spiro atoms. The molecule has 0 atom stereocenters. The molecule has 26 heavy (non-hydrogen) atoms. The molecule has 5 nitrogen and oxygen atoms in total. The number of rotatable bonds is 4. The third kappa shape index (κ3) is 3.63. The summed E-state index contributed by atoms with van der Waals surface area (Å²) < 4.78 is 18.9. The highest BCUT2D eigenvalue weighted by Gasteiger charge is 2.19. The Kier molecular flexibility index (Phi) is 4.83. The maximum absolute atomic E-state index is 13.3. The van der Waals surface area contributed by atoms with Crippen molar-refractivity contribution in [2.24, 2.45) is 0 Å². The molecule has 0 aliphatic rings. The largest absolute Gasteiger partial charge is 0.456 e. The Morgan fingerprint density at radius 1 is 1.19 bits per heavy atom. The number of nitriles is 1. The molecule has 128 valence electrons. The van der Waals surface area contributed by atoms with E-state index in [2.05, 4.69) is 6.07 Å². The van der Waals surface area contributed by atoms with Crippen LogP contribution in [-0.2, 0) is 0 Å². The van der Waals surface area contributed by atoms with Crippen molar-refractivity contribution in [3.63, 3.8) is 0 Å². The summed E-state index contributed by atoms with van der Waals surface area (Å²) in [6.07, 6.45) is 1.52. The third-order valence-corrected chi connectivity index (χ3v) is 3.86. The molecule has 0 saturated heterocycles. The van der Waals surface area contributed by atoms with Crippen molar-refractivity contribution in [2.75, 3.05) is 0 Å². The van der Waals surface area contributed by atoms with Crippen molar-refractivity contribution < 1.29 is 13.7 Å². The van der Waals surface area contributed by atoms with Crippen molar-refractivity contribution in [3.8, 4) is 17.4 Å². The molecule has 0 fully saturated rings. The smallest absolute Gasteiger partial charge is 0.283 e. The molecule has 0 amide bonds. The second kappa shape index (κ2) is 7.21. The van der Waals surface area contributed by atoms with Gasteiger partial charge in [-0.15, -0.1) is 0 Å². The fourth-order valence-electron chi connectivity index (χ4n) is 2.39. The lowest BCUT2D eigenvalue weighted by molar-refractivity contribution is -0.384. The van der Waals surface area contributed by atoms with Crippen molar-refractivity contribution in [3.05, 3.63) is 86.9 Å². The summed E-state index contributed by atoms with van der Waals surface area (Å²) in [5, 5.41) is 21.0. The molecule has 0 N–H and O–H groups in total. The quantitative estimate of drug-likeness (QED) is 0.335. The van der Waals surface area contributed by atoms with Crippen LogP contribution in [0.15, 0.2) is 59.0 Å². The van der Waals surface area contributed by atoms with Gasteiger partial charge in [0.1, 0.15) is 17.3 Å². The predicted molar refractivity (Wildman–Crippen MR) is 95.7 cm³/mol. The minimum Gasteiger partial charge on any atom is -0.456 e. The standard InChI is InChI=1S/C19H10ClFN2O3/c20-14-3-1-12(2-4-14)13(11-22)9-16-6-8-19(26-16)17-7-5-15(21)10-18(17)23(24)25/h1-10H/b13-9-. The van der Waals surface area contributed by atoms with Gasteiger partial charge in [-0.3, -0.25) is 10.1 Å². The minimum absolute atomic E-state index is 0.154. The van der Waals surface area contributed by atoms with Crippen LogP contribution < -0.4 is 0 Å². The number of nitro groups is 1. The molecule has 1 heterocycles. The molecule has 0 bridgehead atoms. The number of nitrogens with zero attached hydrogens (tertiary/aromatic N) is 2. The number of allylic oxidation sites excluding steroid dienone is 1. The second-order valence-corrected chi connectivity index (χ2v) is 5.73. The van der Waals surface area contributed by atoms with E-state index in [0.717, 1.165) is 12.1 Å². The van der Waals surface area contributed by atoms with E-state index in [0.29, 0.717) is 21.9 Å². The van der Waals surface area contributed by atoms with Gasteiger partial charge < -0.3 is 4.42 Å². The molecule has 0 unspecified atom stereocenters. The number of nitro benzene ring substituents is 1. The summed E-state index contributed by atoms with van der Waals surface area (Å²) in [7, 11) is 0. The van der Waals surface area contributed by atoms with E-state index in [1.54, 1.807) is 30.3 Å². The Morgan fingerprint density at radius 3 is 2.58 bits per heavy atom. The highest BCUT2D eigenvalue weighted by Crippen LogP contribution is 2.32. The zero-order valence-electron chi connectivity index (χ0n) is 13.1. The van der Waals surface area contributed by atoms with Crippen molar-refractivity contribution in [1.29, 1.82) is 5.26 Å². The van der Waals surface area contributed by atoms with Gasteiger partial charge in [0.25, 0.3) is 5.69 Å². The maximum Gasteiger partial charge on any atom is 0.283 e. The zero-order chi connectivity index (χ0) is 18.7. The molecular formula is C19H10ClFN2O3. The van der Waals surface area contributed by atoms with E-state index in [4.69, 9.17) is 16.0 Å². The number of hydrogen-bond acceptors (Lipinski definition) is 4. The maximum atomic E-state index is 13.3. The summed E-state index contributed by atoms with van der Waals surface area (Å²) in [4.78, 5) is 10.4. The molecule has 0 aliphatic carbocycles. The van der Waals surface area contributed by atoms with E-state index >= 15 is 0 Å². The highest BCUT2D eigenvalue weighted by molar-refractivity contribution is 6.30. The normalized spacial score (nSPS) is 11.2. The number of furan rings is 1. The number of halogens is 2. The molecule has 0 saturated carbocycles. The third-order valence-electron chi connectivity index (χ3n) is 3.61. The van der Waals surface area contributed by atoms with Crippen LogP contribution in [0, 0.1) is 27.3 Å². The van der Waals surface area contributed by atoms with Gasteiger partial charge in [-0.05, 0) is 48.0 Å². The molecule has 1 aromatic heterocycles. The summed E-state index contributed by atoms with van der Waals surface area (Å²) in [6.45, 7) is 0. The lowest BCUT2D eigenvalue weighted by Crippen LogP contribution is -1.92. The van der Waals surface area contributed by atoms with E-state index in [1.165, 1.54) is 18.2 Å². The van der Waals surface area contributed by atoms with Gasteiger partial charge in [0.05, 0.1) is 28.2 Å². The van der Waals surface area contributed by atoms with Crippen LogP contribution in [-0.4, -0.2) is 4.92 Å². The van der Waals surface area contributed by atoms with Crippen molar-refractivity contribution in [2.45, 2.75) is 0 Å². The van der Waals surface area contributed by atoms with Crippen LogP contribution in [0.4, 0.5) is 10.1 Å². The number of benzene rings is 2. The Bertz CT molecular complexity index is 1050. The summed E-state index contributed by atoms with van der Waals surface area (Å²) in [5.41, 5.74) is 0.757. The van der Waals surface area contributed by atoms with E-state index < -0.39 is 16.4 Å². The summed E-state index contributed by atoms with van der Waals surface area (Å²) >= 11 is 5.84. The second-order valence-electron chi connectivity index (χ2n) is 5.30. The lowest BCUT2D eigenvalue weighted by atomic mass is 10.1. The van der Waals surface area contributed by atoms with Crippen LogP contribution in [0.1, 0.15) is 11.3 Å². The Labute approximate surface area is 152 Å². The van der Waals surface area contributed by atoms with E-state index in [9.17, 15) is 19.8 Å². The monoisotopic (exact) mass is 368 g/mol. The van der Waals surface area contributed by atoms with Crippen LogP contribution in [0.3, 0.4) is 0 Å². The van der Waals surface area contributed by atoms with Gasteiger partial charge in [-0.2, -0.15) is 5.26 Å². The Hall–Kier alpha value is -3.43. The molecule has 7 heteroatoms. The topological polar surface area (TPSA) is 80.1 Å². The predicted octanol–water partition coefficient (Wildman–Crippen LogP) is 5.71. The summed E-state index contributed by atoms with van der Waals surface area (Å²) in [5.74, 6) is -0.164. The van der Waals surface area contributed by atoms with Gasteiger partial charge in [0, 0.05) is 5.02 Å². The minimum atomic E-state index is -0.707. The van der Waals surface area contributed by atoms with Crippen LogP contribution in [0.2, 0.25) is 5.02 Å². The van der Waals surface area contributed by atoms with Gasteiger partial charge in [-0.1, -0.05) is 23.7 Å². The molecule has 2 aromatic carbocycles. The highest BCUT2D eigenvalue weighted by atomic mass is 35.5. The molecule has 0 radical (unpaired) electrons. The molecule has 3 rings (SSSR count). The zero-order valence-corrected chi connectivity index (χ0v) is 13.9. The van der Waals surface area contributed by atoms with Crippen molar-refractivity contribution >= 4 is 28.9 Å². The Balaban J connectivity index is 1.99. The fraction of sp³-hybridized carbons (Fsp3) is 0. The van der Waals surface area contributed by atoms with E-state index in [-0.39, 0.29) is 11.3 Å². The van der Waals surface area contributed by atoms with Gasteiger partial charge in [0.2, 0.25) is 0 Å². The average molecular weight is 369 g/mol. The molecular weight excluding hydrogens is 359 g/mol. The van der Waals surface area contributed by atoms with Crippen LogP contribution >= 0.6 is 11.6 Å². The molecule has 0 aliphatic heterocycles. The van der Waals surface area contributed by atoms with Crippen molar-refractivity contribution in [1.82, 2.24) is 0 Å². The van der Waals surface area contributed by atoms with E-state index in [1.807, 2.05) is 0 Å². The first-order chi connectivity index (χ1) is 12.5. The first kappa shape index (κ1) is 17.4. The lowest BCUT2D eigenvalue weighted by Gasteiger charge is -2.00. The van der Waals surface area contributed by atoms with Gasteiger partial charge in [0.15, 0.2) is 0 Å². The summed E-state index contributed by atoms with van der Waals surface area (Å²) in [6, 6.07) is 15.1. The average Bonchev–Trinajstić information content (AvgIpc) is 3.09. The van der Waals surface area contributed by atoms with Gasteiger partial charge >= 0.3 is 0 Å². The molecule has 3 aromatic rings. The van der Waals surface area contributed by atoms with Crippen LogP contribution in [0.25, 0.3) is 23.0 Å². The van der Waals surface area contributed by atoms with Gasteiger partial charge in [-0.25, -0.2) is 4.39 Å². The first-order valence-electron chi connectivity index (χ1n) is 7.40. The Morgan fingerprint density at radius 2 is 1.92 bits per heavy atom. The van der Waals surface area contributed by atoms with Crippen LogP contribution in [0.5, 0.6) is 0 Å².